The van der Waals surface area contributed by atoms with Gasteiger partial charge in [-0.15, -0.1) is 10.2 Å². The van der Waals surface area contributed by atoms with Gasteiger partial charge in [-0.05, 0) is 12.1 Å². The minimum Gasteiger partial charge on any atom is -0.320 e. The largest absolute Gasteiger partial charge is 0.445 e. The summed E-state index contributed by atoms with van der Waals surface area (Å²) in [5, 5.41) is 7.11. The highest BCUT2D eigenvalue weighted by Gasteiger charge is 2.36. The van der Waals surface area contributed by atoms with Crippen LogP contribution in [0.4, 0.5) is 18.9 Å². The van der Waals surface area contributed by atoms with Crippen LogP contribution in [0.3, 0.4) is 0 Å². The summed E-state index contributed by atoms with van der Waals surface area (Å²) in [5.74, 6) is -0.714. The molecule has 0 aliphatic heterocycles. The van der Waals surface area contributed by atoms with E-state index in [1.807, 2.05) is 0 Å². The summed E-state index contributed by atoms with van der Waals surface area (Å²) >= 11 is 0.208. The molecule has 0 radical (unpaired) electrons. The minimum absolute atomic E-state index is 0.208. The normalized spacial score (nSPS) is 11.3. The number of aromatic nitrogens is 2. The molecule has 1 N–H and O–H groups in total. The third-order valence-electron chi connectivity index (χ3n) is 1.89. The number of nitrogens with one attached hydrogen (secondary N) is 1. The summed E-state index contributed by atoms with van der Waals surface area (Å²) in [6.07, 6.45) is -4.58. The number of benzene rings is 1. The zero-order chi connectivity index (χ0) is 13.2. The Morgan fingerprint density at radius 1 is 1.17 bits per heavy atom. The van der Waals surface area contributed by atoms with E-state index in [-0.39, 0.29) is 16.3 Å². The second-order valence-electron chi connectivity index (χ2n) is 3.23. The first-order valence-electron chi connectivity index (χ1n) is 4.74. The van der Waals surface area contributed by atoms with Crippen molar-refractivity contribution in [3.63, 3.8) is 0 Å². The monoisotopic (exact) mass is 273 g/mol. The van der Waals surface area contributed by atoms with E-state index in [4.69, 9.17) is 0 Å². The van der Waals surface area contributed by atoms with Crippen molar-refractivity contribution in [2.75, 3.05) is 5.32 Å². The standard InChI is InChI=1S/C10H6F3N3OS/c11-10(12,13)9-16-15-8(18-9)7(17)14-6-4-2-1-3-5-6/h1-5H,(H,14,17). The summed E-state index contributed by atoms with van der Waals surface area (Å²) in [4.78, 5) is 11.6. The molecule has 0 bridgehead atoms. The molecule has 1 aromatic carbocycles. The molecular formula is C10H6F3N3OS. The van der Waals surface area contributed by atoms with Crippen molar-refractivity contribution in [1.82, 2.24) is 10.2 Å². The predicted octanol–water partition coefficient (Wildman–Crippen LogP) is 2.81. The molecule has 0 unspecified atom stereocenters. The average Bonchev–Trinajstić information content (AvgIpc) is 2.79. The van der Waals surface area contributed by atoms with Crippen LogP contribution in [0.5, 0.6) is 0 Å². The summed E-state index contributed by atoms with van der Waals surface area (Å²) in [6, 6.07) is 8.36. The molecule has 8 heteroatoms. The molecule has 1 amide bonds. The lowest BCUT2D eigenvalue weighted by Gasteiger charge is -2.01. The van der Waals surface area contributed by atoms with Gasteiger partial charge in [-0.25, -0.2) is 0 Å². The molecule has 0 spiro atoms. The van der Waals surface area contributed by atoms with Gasteiger partial charge in [0.1, 0.15) is 0 Å². The van der Waals surface area contributed by atoms with E-state index in [2.05, 4.69) is 15.5 Å². The number of rotatable bonds is 2. The lowest BCUT2D eigenvalue weighted by atomic mass is 10.3. The van der Waals surface area contributed by atoms with Crippen molar-refractivity contribution in [3.05, 3.63) is 40.3 Å². The Morgan fingerprint density at radius 3 is 2.39 bits per heavy atom. The summed E-state index contributed by atoms with van der Waals surface area (Å²) in [7, 11) is 0. The lowest BCUT2D eigenvalue weighted by Crippen LogP contribution is -2.11. The van der Waals surface area contributed by atoms with Crippen LogP contribution in [0.15, 0.2) is 30.3 Å². The van der Waals surface area contributed by atoms with Crippen molar-refractivity contribution < 1.29 is 18.0 Å². The maximum absolute atomic E-state index is 12.3. The SMILES string of the molecule is O=C(Nc1ccccc1)c1nnc(C(F)(F)F)s1. The van der Waals surface area contributed by atoms with E-state index >= 15 is 0 Å². The molecule has 2 rings (SSSR count). The molecule has 0 aliphatic rings. The third kappa shape index (κ3) is 2.83. The Bertz CT molecular complexity index is 553. The van der Waals surface area contributed by atoms with E-state index in [9.17, 15) is 18.0 Å². The van der Waals surface area contributed by atoms with Crippen LogP contribution in [-0.2, 0) is 6.18 Å². The molecule has 1 heterocycles. The highest BCUT2D eigenvalue weighted by Crippen LogP contribution is 2.31. The van der Waals surface area contributed by atoms with Gasteiger partial charge in [-0.1, -0.05) is 29.5 Å². The number of para-hydroxylation sites is 1. The number of carbonyl (C=O) groups excluding carboxylic acids is 1. The second kappa shape index (κ2) is 4.73. The summed E-state index contributed by atoms with van der Waals surface area (Å²) in [5.41, 5.74) is 0.478. The maximum Gasteiger partial charge on any atom is 0.445 e. The Morgan fingerprint density at radius 2 is 1.83 bits per heavy atom. The second-order valence-corrected chi connectivity index (χ2v) is 4.21. The van der Waals surface area contributed by atoms with Gasteiger partial charge in [0.25, 0.3) is 5.91 Å². The number of hydrogen-bond acceptors (Lipinski definition) is 4. The quantitative estimate of drug-likeness (QED) is 0.915. The first-order valence-corrected chi connectivity index (χ1v) is 5.55. The van der Waals surface area contributed by atoms with Crippen molar-refractivity contribution in [3.8, 4) is 0 Å². The molecule has 18 heavy (non-hydrogen) atoms. The van der Waals surface area contributed by atoms with Crippen molar-refractivity contribution in [2.24, 2.45) is 0 Å². The maximum atomic E-state index is 12.3. The summed E-state index contributed by atoms with van der Waals surface area (Å²) < 4.78 is 36.8. The van der Waals surface area contributed by atoms with Crippen LogP contribution >= 0.6 is 11.3 Å². The van der Waals surface area contributed by atoms with E-state index in [1.165, 1.54) is 0 Å². The van der Waals surface area contributed by atoms with Crippen LogP contribution in [0.1, 0.15) is 14.8 Å². The smallest absolute Gasteiger partial charge is 0.320 e. The molecule has 0 aliphatic carbocycles. The number of anilines is 1. The fraction of sp³-hybridized carbons (Fsp3) is 0.100. The fourth-order valence-electron chi connectivity index (χ4n) is 1.14. The van der Waals surface area contributed by atoms with Crippen LogP contribution in [0, 0.1) is 0 Å². The molecule has 94 valence electrons. The Kier molecular flexibility index (Phi) is 3.28. The van der Waals surface area contributed by atoms with Crippen molar-refractivity contribution in [2.45, 2.75) is 6.18 Å². The number of hydrogen-bond donors (Lipinski definition) is 1. The zero-order valence-electron chi connectivity index (χ0n) is 8.73. The van der Waals surface area contributed by atoms with Gasteiger partial charge < -0.3 is 5.32 Å². The highest BCUT2D eigenvalue weighted by atomic mass is 32.1. The Hall–Kier alpha value is -1.96. The number of nitrogens with zero attached hydrogens (tertiary/aromatic N) is 2. The third-order valence-corrected chi connectivity index (χ3v) is 2.86. The van der Waals surface area contributed by atoms with E-state index in [1.54, 1.807) is 30.3 Å². The molecule has 0 atom stereocenters. The van der Waals surface area contributed by atoms with Gasteiger partial charge in [-0.3, -0.25) is 4.79 Å². The average molecular weight is 273 g/mol. The molecular weight excluding hydrogens is 267 g/mol. The van der Waals surface area contributed by atoms with Crippen LogP contribution in [0.2, 0.25) is 0 Å². The number of carbonyl (C=O) groups is 1. The van der Waals surface area contributed by atoms with Gasteiger partial charge in [0, 0.05) is 5.69 Å². The minimum atomic E-state index is -4.58. The Labute approximate surface area is 103 Å². The first-order chi connectivity index (χ1) is 8.47. The molecule has 0 saturated heterocycles. The van der Waals surface area contributed by atoms with Crippen LogP contribution in [0.25, 0.3) is 0 Å². The first kappa shape index (κ1) is 12.5. The van der Waals surface area contributed by atoms with E-state index in [0.29, 0.717) is 5.69 Å². The predicted molar refractivity (Wildman–Crippen MR) is 59.3 cm³/mol. The van der Waals surface area contributed by atoms with E-state index in [0.717, 1.165) is 0 Å². The fourth-order valence-corrected chi connectivity index (χ4v) is 1.74. The molecule has 0 saturated carbocycles. The lowest BCUT2D eigenvalue weighted by molar-refractivity contribution is -0.138. The van der Waals surface area contributed by atoms with Gasteiger partial charge in [-0.2, -0.15) is 13.2 Å². The van der Waals surface area contributed by atoms with E-state index < -0.39 is 17.1 Å². The highest BCUT2D eigenvalue weighted by molar-refractivity contribution is 7.13. The van der Waals surface area contributed by atoms with Crippen LogP contribution in [-0.4, -0.2) is 16.1 Å². The number of amides is 1. The van der Waals surface area contributed by atoms with Crippen molar-refractivity contribution >= 4 is 22.9 Å². The molecule has 2 aromatic rings. The topological polar surface area (TPSA) is 54.9 Å². The van der Waals surface area contributed by atoms with Crippen LogP contribution < -0.4 is 5.32 Å². The number of halogens is 3. The molecule has 1 aromatic heterocycles. The molecule has 0 fully saturated rings. The Balaban J connectivity index is 2.13. The zero-order valence-corrected chi connectivity index (χ0v) is 9.55. The summed E-state index contributed by atoms with van der Waals surface area (Å²) in [6.45, 7) is 0. The van der Waals surface area contributed by atoms with Crippen molar-refractivity contribution in [1.29, 1.82) is 0 Å². The molecule has 4 nitrogen and oxygen atoms in total. The van der Waals surface area contributed by atoms with Gasteiger partial charge in [0.2, 0.25) is 10.0 Å². The van der Waals surface area contributed by atoms with Gasteiger partial charge >= 0.3 is 6.18 Å². The number of alkyl halides is 3. The van der Waals surface area contributed by atoms with Gasteiger partial charge in [0.15, 0.2) is 0 Å². The van der Waals surface area contributed by atoms with Gasteiger partial charge in [0.05, 0.1) is 0 Å².